The molecule has 4 nitrogen and oxygen atoms in total. The van der Waals surface area contributed by atoms with Gasteiger partial charge in [0.25, 0.3) is 0 Å². The van der Waals surface area contributed by atoms with Crippen LogP contribution in [0.25, 0.3) is 5.69 Å². The van der Waals surface area contributed by atoms with Gasteiger partial charge in [-0.2, -0.15) is 5.10 Å². The van der Waals surface area contributed by atoms with Crippen LogP contribution >= 0.6 is 0 Å². The largest absolute Gasteiger partial charge is 0.303 e. The van der Waals surface area contributed by atoms with Crippen molar-refractivity contribution in [2.75, 3.05) is 0 Å². The highest BCUT2D eigenvalue weighted by atomic mass is 15.3. The van der Waals surface area contributed by atoms with Crippen LogP contribution in [-0.2, 0) is 6.42 Å². The van der Waals surface area contributed by atoms with Crippen LogP contribution in [-0.4, -0.2) is 14.8 Å². The van der Waals surface area contributed by atoms with Gasteiger partial charge in [0, 0.05) is 12.1 Å². The number of hydrogen-bond acceptors (Lipinski definition) is 3. The molecule has 1 aliphatic carbocycles. The number of aryl methyl sites for hydroxylation is 2. The SMILES string of the molecule is Cc1ccc2c(c1)[C@H](N[C@H](C)c1ccc(-n3cncn3)cc1)CC2. The highest BCUT2D eigenvalue weighted by molar-refractivity contribution is 5.38. The number of fused-ring (bicyclic) bond motifs is 1. The van der Waals surface area contributed by atoms with E-state index in [-0.39, 0.29) is 0 Å². The van der Waals surface area contributed by atoms with Crippen LogP contribution in [0.2, 0.25) is 0 Å². The Labute approximate surface area is 142 Å². The van der Waals surface area contributed by atoms with E-state index in [9.17, 15) is 0 Å². The van der Waals surface area contributed by atoms with Gasteiger partial charge < -0.3 is 5.32 Å². The summed E-state index contributed by atoms with van der Waals surface area (Å²) in [4.78, 5) is 3.99. The average Bonchev–Trinajstić information content (AvgIpc) is 3.25. The fourth-order valence-electron chi connectivity index (χ4n) is 3.55. The Hall–Kier alpha value is -2.46. The van der Waals surface area contributed by atoms with Gasteiger partial charge in [-0.25, -0.2) is 9.67 Å². The fraction of sp³-hybridized carbons (Fsp3) is 0.300. The van der Waals surface area contributed by atoms with Gasteiger partial charge in [-0.1, -0.05) is 35.9 Å². The molecule has 4 heteroatoms. The second-order valence-electron chi connectivity index (χ2n) is 6.61. The Morgan fingerprint density at radius 2 is 2.00 bits per heavy atom. The van der Waals surface area contributed by atoms with E-state index in [2.05, 4.69) is 71.7 Å². The number of nitrogens with zero attached hydrogens (tertiary/aromatic N) is 3. The Morgan fingerprint density at radius 1 is 1.17 bits per heavy atom. The molecular formula is C20H22N4. The zero-order valence-electron chi connectivity index (χ0n) is 14.1. The molecule has 1 aliphatic rings. The van der Waals surface area contributed by atoms with Crippen LogP contribution in [0.5, 0.6) is 0 Å². The number of benzene rings is 2. The molecule has 0 radical (unpaired) electrons. The molecule has 0 saturated heterocycles. The first kappa shape index (κ1) is 15.1. The van der Waals surface area contributed by atoms with Crippen LogP contribution in [0, 0.1) is 6.92 Å². The van der Waals surface area contributed by atoms with Crippen molar-refractivity contribution in [3.8, 4) is 5.69 Å². The summed E-state index contributed by atoms with van der Waals surface area (Å²) in [5, 5.41) is 7.97. The zero-order chi connectivity index (χ0) is 16.5. The second kappa shape index (κ2) is 6.21. The molecule has 1 N–H and O–H groups in total. The first-order valence-electron chi connectivity index (χ1n) is 8.51. The van der Waals surface area contributed by atoms with Crippen molar-refractivity contribution in [1.29, 1.82) is 0 Å². The Kier molecular flexibility index (Phi) is 3.90. The van der Waals surface area contributed by atoms with E-state index in [1.807, 2.05) is 0 Å². The van der Waals surface area contributed by atoms with Crippen molar-refractivity contribution in [1.82, 2.24) is 20.1 Å². The van der Waals surface area contributed by atoms with E-state index < -0.39 is 0 Å². The van der Waals surface area contributed by atoms with Crippen LogP contribution < -0.4 is 5.32 Å². The Morgan fingerprint density at radius 3 is 2.75 bits per heavy atom. The third-order valence-electron chi connectivity index (χ3n) is 4.91. The zero-order valence-corrected chi connectivity index (χ0v) is 14.1. The molecule has 2 aromatic carbocycles. The molecule has 122 valence electrons. The molecule has 0 aliphatic heterocycles. The molecule has 0 saturated carbocycles. The summed E-state index contributed by atoms with van der Waals surface area (Å²) in [6.07, 6.45) is 5.62. The normalized spacial score (nSPS) is 17.7. The van der Waals surface area contributed by atoms with Crippen molar-refractivity contribution in [2.45, 2.75) is 38.8 Å². The van der Waals surface area contributed by atoms with E-state index in [0.29, 0.717) is 12.1 Å². The van der Waals surface area contributed by atoms with Crippen LogP contribution in [0.3, 0.4) is 0 Å². The lowest BCUT2D eigenvalue weighted by molar-refractivity contribution is 0.465. The topological polar surface area (TPSA) is 42.7 Å². The second-order valence-corrected chi connectivity index (χ2v) is 6.61. The predicted molar refractivity (Wildman–Crippen MR) is 95.2 cm³/mol. The highest BCUT2D eigenvalue weighted by Crippen LogP contribution is 2.33. The maximum Gasteiger partial charge on any atom is 0.138 e. The number of nitrogens with one attached hydrogen (secondary N) is 1. The summed E-state index contributed by atoms with van der Waals surface area (Å²) in [7, 11) is 0. The fourth-order valence-corrected chi connectivity index (χ4v) is 3.55. The van der Waals surface area contributed by atoms with Crippen molar-refractivity contribution < 1.29 is 0 Å². The van der Waals surface area contributed by atoms with Gasteiger partial charge >= 0.3 is 0 Å². The molecule has 0 amide bonds. The lowest BCUT2D eigenvalue weighted by Crippen LogP contribution is -2.23. The van der Waals surface area contributed by atoms with Crippen molar-refractivity contribution in [3.63, 3.8) is 0 Å². The summed E-state index contributed by atoms with van der Waals surface area (Å²) in [5.41, 5.74) is 6.63. The predicted octanol–water partition coefficient (Wildman–Crippen LogP) is 3.91. The molecule has 0 bridgehead atoms. The summed E-state index contributed by atoms with van der Waals surface area (Å²) < 4.78 is 1.78. The summed E-state index contributed by atoms with van der Waals surface area (Å²) >= 11 is 0. The minimum absolute atomic E-state index is 0.311. The van der Waals surface area contributed by atoms with E-state index >= 15 is 0 Å². The summed E-state index contributed by atoms with van der Waals surface area (Å²) in [5.74, 6) is 0. The quantitative estimate of drug-likeness (QED) is 0.793. The highest BCUT2D eigenvalue weighted by Gasteiger charge is 2.23. The van der Waals surface area contributed by atoms with Crippen LogP contribution in [0.4, 0.5) is 0 Å². The lowest BCUT2D eigenvalue weighted by atomic mass is 10.0. The number of aromatic nitrogens is 3. The van der Waals surface area contributed by atoms with Crippen molar-refractivity contribution in [3.05, 3.63) is 77.4 Å². The first-order chi connectivity index (χ1) is 11.7. The molecule has 1 aromatic heterocycles. The molecule has 0 unspecified atom stereocenters. The van der Waals surface area contributed by atoms with Gasteiger partial charge in [0.1, 0.15) is 12.7 Å². The molecule has 24 heavy (non-hydrogen) atoms. The van der Waals surface area contributed by atoms with E-state index in [4.69, 9.17) is 0 Å². The van der Waals surface area contributed by atoms with E-state index in [0.717, 1.165) is 5.69 Å². The molecule has 0 spiro atoms. The van der Waals surface area contributed by atoms with Crippen molar-refractivity contribution >= 4 is 0 Å². The standard InChI is InChI=1S/C20H22N4/c1-14-3-4-17-7-10-20(19(17)11-14)23-15(2)16-5-8-18(9-6-16)24-13-21-12-22-24/h3-6,8-9,11-13,15,20,23H,7,10H2,1-2H3/t15-,20-/m1/s1. The molecular weight excluding hydrogens is 296 g/mol. The first-order valence-corrected chi connectivity index (χ1v) is 8.51. The lowest BCUT2D eigenvalue weighted by Gasteiger charge is -2.21. The number of hydrogen-bond donors (Lipinski definition) is 1. The smallest absolute Gasteiger partial charge is 0.138 e. The van der Waals surface area contributed by atoms with Gasteiger partial charge in [0.05, 0.1) is 5.69 Å². The molecule has 4 rings (SSSR count). The summed E-state index contributed by atoms with van der Waals surface area (Å²) in [6, 6.07) is 16.1. The minimum Gasteiger partial charge on any atom is -0.303 e. The van der Waals surface area contributed by atoms with Crippen LogP contribution in [0.15, 0.2) is 55.1 Å². The van der Waals surface area contributed by atoms with Gasteiger partial charge in [-0.3, -0.25) is 0 Å². The van der Waals surface area contributed by atoms with Gasteiger partial charge in [0.15, 0.2) is 0 Å². The Balaban J connectivity index is 1.49. The maximum atomic E-state index is 4.17. The molecule has 0 fully saturated rings. The molecule has 2 atom stereocenters. The Bertz CT molecular complexity index is 821. The van der Waals surface area contributed by atoms with E-state index in [1.165, 1.54) is 35.1 Å². The third kappa shape index (κ3) is 2.85. The average molecular weight is 318 g/mol. The maximum absolute atomic E-state index is 4.17. The number of rotatable bonds is 4. The van der Waals surface area contributed by atoms with Crippen LogP contribution in [0.1, 0.15) is 47.7 Å². The van der Waals surface area contributed by atoms with Gasteiger partial charge in [0.2, 0.25) is 0 Å². The van der Waals surface area contributed by atoms with E-state index in [1.54, 1.807) is 17.3 Å². The van der Waals surface area contributed by atoms with Gasteiger partial charge in [-0.05, 0) is 55.5 Å². The summed E-state index contributed by atoms with van der Waals surface area (Å²) in [6.45, 7) is 4.40. The minimum atomic E-state index is 0.311. The van der Waals surface area contributed by atoms with Gasteiger partial charge in [-0.15, -0.1) is 0 Å². The monoisotopic (exact) mass is 318 g/mol. The molecule has 3 aromatic rings. The van der Waals surface area contributed by atoms with Crippen molar-refractivity contribution in [2.24, 2.45) is 0 Å². The third-order valence-corrected chi connectivity index (χ3v) is 4.91. The molecule has 1 heterocycles.